The van der Waals surface area contributed by atoms with E-state index in [0.717, 1.165) is 22.0 Å². The SMILES string of the molecule is CC(C)Oc1ccccc1CNC(=O)CCn1c(-c2cccs2)n[nH]c1=S. The molecule has 0 aliphatic rings. The highest BCUT2D eigenvalue weighted by Gasteiger charge is 2.12. The molecule has 0 radical (unpaired) electrons. The maximum Gasteiger partial charge on any atom is 0.222 e. The van der Waals surface area contributed by atoms with Crippen molar-refractivity contribution >= 4 is 29.5 Å². The maximum absolute atomic E-state index is 12.3. The molecule has 2 aromatic heterocycles. The molecule has 0 bridgehead atoms. The van der Waals surface area contributed by atoms with Gasteiger partial charge in [-0.05, 0) is 43.6 Å². The molecule has 1 amide bonds. The number of aromatic amines is 1. The Bertz CT molecular complexity index is 945. The van der Waals surface area contributed by atoms with E-state index in [9.17, 15) is 4.79 Å². The van der Waals surface area contributed by atoms with Crippen LogP contribution in [0.4, 0.5) is 0 Å². The van der Waals surface area contributed by atoms with Crippen LogP contribution in [0.1, 0.15) is 25.8 Å². The Hall–Kier alpha value is -2.45. The minimum absolute atomic E-state index is 0.0467. The van der Waals surface area contributed by atoms with Gasteiger partial charge in [0.25, 0.3) is 0 Å². The zero-order valence-electron chi connectivity index (χ0n) is 15.3. The fraction of sp³-hybridized carbons (Fsp3) is 0.316. The Kier molecular flexibility index (Phi) is 6.41. The number of ether oxygens (including phenoxy) is 1. The van der Waals surface area contributed by atoms with E-state index in [0.29, 0.717) is 24.3 Å². The van der Waals surface area contributed by atoms with Crippen molar-refractivity contribution in [2.24, 2.45) is 0 Å². The summed E-state index contributed by atoms with van der Waals surface area (Å²) in [6.07, 6.45) is 0.403. The van der Waals surface area contributed by atoms with Crippen LogP contribution in [-0.2, 0) is 17.9 Å². The average molecular weight is 403 g/mol. The van der Waals surface area contributed by atoms with Crippen molar-refractivity contribution in [1.82, 2.24) is 20.1 Å². The van der Waals surface area contributed by atoms with E-state index < -0.39 is 0 Å². The highest BCUT2D eigenvalue weighted by Crippen LogP contribution is 2.23. The van der Waals surface area contributed by atoms with E-state index in [1.165, 1.54) is 0 Å². The number of aromatic nitrogens is 3. The summed E-state index contributed by atoms with van der Waals surface area (Å²) in [6.45, 7) is 4.86. The van der Waals surface area contributed by atoms with Gasteiger partial charge >= 0.3 is 0 Å². The summed E-state index contributed by atoms with van der Waals surface area (Å²) >= 11 is 6.89. The molecule has 3 rings (SSSR count). The predicted octanol–water partition coefficient (Wildman–Crippen LogP) is 4.16. The average Bonchev–Trinajstić information content (AvgIpc) is 3.28. The van der Waals surface area contributed by atoms with Crippen LogP contribution in [0, 0.1) is 4.77 Å². The van der Waals surface area contributed by atoms with E-state index in [-0.39, 0.29) is 12.0 Å². The highest BCUT2D eigenvalue weighted by molar-refractivity contribution is 7.71. The Balaban J connectivity index is 1.59. The van der Waals surface area contributed by atoms with E-state index in [4.69, 9.17) is 17.0 Å². The second-order valence-electron chi connectivity index (χ2n) is 6.28. The number of para-hydroxylation sites is 1. The first-order chi connectivity index (χ1) is 13.0. The van der Waals surface area contributed by atoms with Gasteiger partial charge in [-0.25, -0.2) is 0 Å². The molecule has 0 aliphatic heterocycles. The molecule has 0 aliphatic carbocycles. The van der Waals surface area contributed by atoms with Crippen LogP contribution in [-0.4, -0.2) is 26.8 Å². The zero-order valence-corrected chi connectivity index (χ0v) is 16.9. The smallest absolute Gasteiger partial charge is 0.222 e. The topological polar surface area (TPSA) is 71.9 Å². The van der Waals surface area contributed by atoms with Gasteiger partial charge in [0, 0.05) is 25.1 Å². The van der Waals surface area contributed by atoms with Crippen molar-refractivity contribution in [3.8, 4) is 16.5 Å². The van der Waals surface area contributed by atoms with Crippen LogP contribution in [0.5, 0.6) is 5.75 Å². The Morgan fingerprint density at radius 2 is 2.15 bits per heavy atom. The fourth-order valence-electron chi connectivity index (χ4n) is 2.63. The lowest BCUT2D eigenvalue weighted by Crippen LogP contribution is -2.24. The number of rotatable bonds is 8. The molecule has 8 heteroatoms. The molecule has 1 aromatic carbocycles. The summed E-state index contributed by atoms with van der Waals surface area (Å²) in [4.78, 5) is 13.3. The van der Waals surface area contributed by atoms with Gasteiger partial charge in [-0.2, -0.15) is 5.10 Å². The summed E-state index contributed by atoms with van der Waals surface area (Å²) < 4.78 is 8.16. The summed E-state index contributed by atoms with van der Waals surface area (Å²) in [7, 11) is 0. The van der Waals surface area contributed by atoms with E-state index >= 15 is 0 Å². The molecule has 2 heterocycles. The molecular weight excluding hydrogens is 380 g/mol. The lowest BCUT2D eigenvalue weighted by atomic mass is 10.2. The van der Waals surface area contributed by atoms with Crippen LogP contribution in [0.15, 0.2) is 41.8 Å². The lowest BCUT2D eigenvalue weighted by Gasteiger charge is -2.14. The first-order valence-electron chi connectivity index (χ1n) is 8.75. The van der Waals surface area contributed by atoms with Crippen LogP contribution >= 0.6 is 23.6 Å². The quantitative estimate of drug-likeness (QED) is 0.555. The Morgan fingerprint density at radius 3 is 2.89 bits per heavy atom. The number of H-pyrrole nitrogens is 1. The second-order valence-corrected chi connectivity index (χ2v) is 7.62. The molecule has 6 nitrogen and oxygen atoms in total. The van der Waals surface area contributed by atoms with Crippen molar-refractivity contribution in [3.05, 3.63) is 52.1 Å². The highest BCUT2D eigenvalue weighted by atomic mass is 32.1. The molecule has 3 aromatic rings. The summed E-state index contributed by atoms with van der Waals surface area (Å²) in [5, 5.41) is 12.0. The summed E-state index contributed by atoms with van der Waals surface area (Å²) in [5.41, 5.74) is 0.957. The van der Waals surface area contributed by atoms with Gasteiger partial charge in [0.1, 0.15) is 5.75 Å². The molecule has 0 fully saturated rings. The first kappa shape index (κ1) is 19.3. The maximum atomic E-state index is 12.3. The van der Waals surface area contributed by atoms with Crippen LogP contribution < -0.4 is 10.1 Å². The summed E-state index contributed by atoms with van der Waals surface area (Å²) in [5.74, 6) is 1.51. The molecule has 0 saturated carbocycles. The van der Waals surface area contributed by atoms with Gasteiger partial charge in [0.05, 0.1) is 11.0 Å². The standard InChI is InChI=1S/C19H22N4O2S2/c1-13(2)25-15-7-4-3-6-14(15)12-20-17(24)9-10-23-18(21-22-19(23)26)16-8-5-11-27-16/h3-8,11,13H,9-10,12H2,1-2H3,(H,20,24)(H,22,26). The molecule has 2 N–H and O–H groups in total. The molecular formula is C19H22N4O2S2. The second kappa shape index (κ2) is 8.96. The van der Waals surface area contributed by atoms with Gasteiger partial charge in [0.15, 0.2) is 10.6 Å². The van der Waals surface area contributed by atoms with E-state index in [1.807, 2.05) is 60.2 Å². The van der Waals surface area contributed by atoms with Crippen LogP contribution in [0.2, 0.25) is 0 Å². The predicted molar refractivity (Wildman–Crippen MR) is 109 cm³/mol. The minimum Gasteiger partial charge on any atom is -0.491 e. The first-order valence-corrected chi connectivity index (χ1v) is 10.0. The van der Waals surface area contributed by atoms with Crippen molar-refractivity contribution in [1.29, 1.82) is 0 Å². The third-order valence-corrected chi connectivity index (χ3v) is 5.05. The van der Waals surface area contributed by atoms with Crippen molar-refractivity contribution in [2.75, 3.05) is 0 Å². The van der Waals surface area contributed by atoms with Gasteiger partial charge in [-0.15, -0.1) is 11.3 Å². The van der Waals surface area contributed by atoms with Crippen LogP contribution in [0.3, 0.4) is 0 Å². The van der Waals surface area contributed by atoms with Crippen LogP contribution in [0.25, 0.3) is 10.7 Å². The number of nitrogens with one attached hydrogen (secondary N) is 2. The molecule has 0 unspecified atom stereocenters. The molecule has 0 saturated heterocycles. The fourth-order valence-corrected chi connectivity index (χ4v) is 3.58. The van der Waals surface area contributed by atoms with E-state index in [2.05, 4.69) is 15.5 Å². The number of nitrogens with zero attached hydrogens (tertiary/aromatic N) is 2. The number of amides is 1. The lowest BCUT2D eigenvalue weighted by molar-refractivity contribution is -0.121. The Labute approximate surface area is 167 Å². The minimum atomic E-state index is -0.0467. The zero-order chi connectivity index (χ0) is 19.2. The van der Waals surface area contributed by atoms with Crippen molar-refractivity contribution < 1.29 is 9.53 Å². The molecule has 0 atom stereocenters. The van der Waals surface area contributed by atoms with Gasteiger partial charge < -0.3 is 10.1 Å². The Morgan fingerprint density at radius 1 is 1.33 bits per heavy atom. The normalized spacial score (nSPS) is 10.9. The van der Waals surface area contributed by atoms with Gasteiger partial charge in [0.2, 0.25) is 5.91 Å². The third kappa shape index (κ3) is 5.05. The van der Waals surface area contributed by atoms with Gasteiger partial charge in [-0.1, -0.05) is 24.3 Å². The number of carbonyl (C=O) groups is 1. The monoisotopic (exact) mass is 402 g/mol. The number of carbonyl (C=O) groups excluding carboxylic acids is 1. The number of thiophene rings is 1. The van der Waals surface area contributed by atoms with Gasteiger partial charge in [-0.3, -0.25) is 14.5 Å². The molecule has 27 heavy (non-hydrogen) atoms. The third-order valence-electron chi connectivity index (χ3n) is 3.87. The molecule has 0 spiro atoms. The molecule has 142 valence electrons. The number of benzene rings is 1. The van der Waals surface area contributed by atoms with E-state index in [1.54, 1.807) is 11.3 Å². The largest absolute Gasteiger partial charge is 0.491 e. The van der Waals surface area contributed by atoms with Crippen molar-refractivity contribution in [3.63, 3.8) is 0 Å². The summed E-state index contributed by atoms with van der Waals surface area (Å²) in [6, 6.07) is 11.7. The van der Waals surface area contributed by atoms with Crippen molar-refractivity contribution in [2.45, 2.75) is 39.5 Å². The number of hydrogen-bond acceptors (Lipinski definition) is 5. The number of hydrogen-bond donors (Lipinski definition) is 2.